The average Bonchev–Trinajstić information content (AvgIpc) is 2.47. The molecule has 2 aromatic rings. The number of para-hydroxylation sites is 1. The van der Waals surface area contributed by atoms with Crippen LogP contribution in [0.1, 0.15) is 23.0 Å². The Morgan fingerprint density at radius 3 is 3.05 bits per heavy atom. The van der Waals surface area contributed by atoms with Crippen LogP contribution in [-0.2, 0) is 12.8 Å². The number of nitrogens with zero attached hydrogens (tertiary/aromatic N) is 2. The van der Waals surface area contributed by atoms with Crippen LogP contribution in [0.5, 0.6) is 5.75 Å². The molecule has 0 radical (unpaired) electrons. The van der Waals surface area contributed by atoms with Gasteiger partial charge in [-0.05, 0) is 30.7 Å². The molecule has 1 aliphatic heterocycles. The third kappa shape index (κ3) is 2.58. The molecule has 0 aliphatic carbocycles. The highest BCUT2D eigenvalue weighted by molar-refractivity contribution is 5.36. The topological polar surface area (TPSA) is 61.0 Å². The molecule has 4 nitrogen and oxygen atoms in total. The van der Waals surface area contributed by atoms with E-state index in [-0.39, 0.29) is 5.92 Å². The van der Waals surface area contributed by atoms with Crippen molar-refractivity contribution in [3.05, 3.63) is 53.6 Å². The van der Waals surface area contributed by atoms with E-state index in [1.54, 1.807) is 0 Å². The summed E-state index contributed by atoms with van der Waals surface area (Å²) in [5, 5.41) is 0. The van der Waals surface area contributed by atoms with Gasteiger partial charge in [0, 0.05) is 18.3 Å². The van der Waals surface area contributed by atoms with Gasteiger partial charge in [0.2, 0.25) is 0 Å². The Labute approximate surface area is 112 Å². The van der Waals surface area contributed by atoms with Gasteiger partial charge >= 0.3 is 0 Å². The van der Waals surface area contributed by atoms with Crippen molar-refractivity contribution in [1.82, 2.24) is 9.97 Å². The van der Waals surface area contributed by atoms with E-state index in [0.717, 1.165) is 30.1 Å². The second-order valence-electron chi connectivity index (χ2n) is 4.76. The highest BCUT2D eigenvalue weighted by atomic mass is 16.5. The quantitative estimate of drug-likeness (QED) is 0.906. The summed E-state index contributed by atoms with van der Waals surface area (Å²) in [6, 6.07) is 10.1. The SMILES string of the molecule is NCCc1ccnc(C2COc3ccccc3C2)n1. The van der Waals surface area contributed by atoms with Crippen LogP contribution in [0.2, 0.25) is 0 Å². The molecule has 2 heterocycles. The van der Waals surface area contributed by atoms with E-state index in [4.69, 9.17) is 10.5 Å². The van der Waals surface area contributed by atoms with Crippen LogP contribution in [0, 0.1) is 0 Å². The van der Waals surface area contributed by atoms with Gasteiger partial charge in [-0.15, -0.1) is 0 Å². The lowest BCUT2D eigenvalue weighted by molar-refractivity contribution is 0.257. The third-order valence-corrected chi connectivity index (χ3v) is 3.38. The van der Waals surface area contributed by atoms with E-state index in [1.165, 1.54) is 5.56 Å². The number of hydrogen-bond donors (Lipinski definition) is 1. The van der Waals surface area contributed by atoms with Crippen LogP contribution < -0.4 is 10.5 Å². The predicted octanol–water partition coefficient (Wildman–Crippen LogP) is 1.70. The summed E-state index contributed by atoms with van der Waals surface area (Å²) in [6.45, 7) is 1.25. The van der Waals surface area contributed by atoms with Crippen molar-refractivity contribution >= 4 is 0 Å². The number of hydrogen-bond acceptors (Lipinski definition) is 4. The number of benzene rings is 1. The van der Waals surface area contributed by atoms with Crippen LogP contribution >= 0.6 is 0 Å². The van der Waals surface area contributed by atoms with Crippen LogP contribution in [0.25, 0.3) is 0 Å². The van der Waals surface area contributed by atoms with Crippen LogP contribution in [0.4, 0.5) is 0 Å². The minimum Gasteiger partial charge on any atom is -0.493 e. The highest BCUT2D eigenvalue weighted by Crippen LogP contribution is 2.30. The van der Waals surface area contributed by atoms with Gasteiger partial charge in [0.15, 0.2) is 0 Å². The molecule has 3 rings (SSSR count). The van der Waals surface area contributed by atoms with E-state index < -0.39 is 0 Å². The maximum absolute atomic E-state index is 5.79. The first kappa shape index (κ1) is 12.1. The first-order chi connectivity index (χ1) is 9.36. The van der Waals surface area contributed by atoms with Crippen LogP contribution in [-0.4, -0.2) is 23.1 Å². The Hall–Kier alpha value is -1.94. The van der Waals surface area contributed by atoms with E-state index >= 15 is 0 Å². The van der Waals surface area contributed by atoms with Crippen LogP contribution in [0.15, 0.2) is 36.5 Å². The molecule has 1 aromatic heterocycles. The molecular formula is C15H17N3O. The second kappa shape index (κ2) is 5.36. The number of ether oxygens (including phenoxy) is 1. The fourth-order valence-electron chi connectivity index (χ4n) is 2.39. The highest BCUT2D eigenvalue weighted by Gasteiger charge is 2.23. The largest absolute Gasteiger partial charge is 0.493 e. The average molecular weight is 255 g/mol. The Balaban J connectivity index is 1.82. The molecule has 1 aliphatic rings. The molecular weight excluding hydrogens is 238 g/mol. The normalized spacial score (nSPS) is 17.6. The maximum Gasteiger partial charge on any atom is 0.135 e. The van der Waals surface area contributed by atoms with Crippen molar-refractivity contribution < 1.29 is 4.74 Å². The van der Waals surface area contributed by atoms with Crippen molar-refractivity contribution in [2.45, 2.75) is 18.8 Å². The molecule has 4 heteroatoms. The molecule has 0 spiro atoms. The van der Waals surface area contributed by atoms with Gasteiger partial charge in [-0.3, -0.25) is 0 Å². The van der Waals surface area contributed by atoms with E-state index in [9.17, 15) is 0 Å². The minimum atomic E-state index is 0.229. The van der Waals surface area contributed by atoms with Crippen LogP contribution in [0.3, 0.4) is 0 Å². The summed E-state index contributed by atoms with van der Waals surface area (Å²) >= 11 is 0. The first-order valence-corrected chi connectivity index (χ1v) is 6.59. The molecule has 19 heavy (non-hydrogen) atoms. The zero-order chi connectivity index (χ0) is 13.1. The van der Waals surface area contributed by atoms with Crippen molar-refractivity contribution in [2.75, 3.05) is 13.2 Å². The molecule has 0 saturated heterocycles. The summed E-state index contributed by atoms with van der Waals surface area (Å²) in [5.74, 6) is 2.07. The van der Waals surface area contributed by atoms with Crippen molar-refractivity contribution in [2.24, 2.45) is 5.73 Å². The second-order valence-corrected chi connectivity index (χ2v) is 4.76. The van der Waals surface area contributed by atoms with Gasteiger partial charge in [0.1, 0.15) is 11.6 Å². The van der Waals surface area contributed by atoms with Crippen molar-refractivity contribution in [3.63, 3.8) is 0 Å². The Morgan fingerprint density at radius 1 is 1.26 bits per heavy atom. The van der Waals surface area contributed by atoms with Crippen molar-refractivity contribution in [3.8, 4) is 5.75 Å². The summed E-state index contributed by atoms with van der Waals surface area (Å²) in [6.07, 6.45) is 3.54. The fraction of sp³-hybridized carbons (Fsp3) is 0.333. The Morgan fingerprint density at radius 2 is 2.16 bits per heavy atom. The lowest BCUT2D eigenvalue weighted by Crippen LogP contribution is -2.21. The smallest absolute Gasteiger partial charge is 0.135 e. The number of rotatable bonds is 3. The van der Waals surface area contributed by atoms with Crippen molar-refractivity contribution in [1.29, 1.82) is 0 Å². The number of nitrogens with two attached hydrogens (primary N) is 1. The lowest BCUT2D eigenvalue weighted by atomic mass is 9.96. The molecule has 0 bridgehead atoms. The molecule has 1 aromatic carbocycles. The zero-order valence-electron chi connectivity index (χ0n) is 10.7. The maximum atomic E-state index is 5.79. The third-order valence-electron chi connectivity index (χ3n) is 3.38. The predicted molar refractivity (Wildman–Crippen MR) is 73.2 cm³/mol. The molecule has 0 saturated carbocycles. The monoisotopic (exact) mass is 255 g/mol. The van der Waals surface area contributed by atoms with E-state index in [2.05, 4.69) is 16.0 Å². The summed E-state index contributed by atoms with van der Waals surface area (Å²) in [7, 11) is 0. The minimum absolute atomic E-state index is 0.229. The summed E-state index contributed by atoms with van der Waals surface area (Å²) in [5.41, 5.74) is 7.80. The summed E-state index contributed by atoms with van der Waals surface area (Å²) in [4.78, 5) is 8.97. The molecule has 1 unspecified atom stereocenters. The summed E-state index contributed by atoms with van der Waals surface area (Å²) < 4.78 is 5.79. The fourth-order valence-corrected chi connectivity index (χ4v) is 2.39. The van der Waals surface area contributed by atoms with Gasteiger partial charge in [-0.2, -0.15) is 0 Å². The first-order valence-electron chi connectivity index (χ1n) is 6.59. The van der Waals surface area contributed by atoms with Gasteiger partial charge in [-0.25, -0.2) is 9.97 Å². The molecule has 2 N–H and O–H groups in total. The van der Waals surface area contributed by atoms with Gasteiger partial charge < -0.3 is 10.5 Å². The molecule has 0 amide bonds. The number of fused-ring (bicyclic) bond motifs is 1. The van der Waals surface area contributed by atoms with E-state index in [1.807, 2.05) is 30.5 Å². The Kier molecular flexibility index (Phi) is 3.42. The Bertz CT molecular complexity index is 571. The number of aromatic nitrogens is 2. The van der Waals surface area contributed by atoms with Gasteiger partial charge in [-0.1, -0.05) is 18.2 Å². The van der Waals surface area contributed by atoms with E-state index in [0.29, 0.717) is 13.2 Å². The lowest BCUT2D eigenvalue weighted by Gasteiger charge is -2.24. The molecule has 0 fully saturated rings. The van der Waals surface area contributed by atoms with Gasteiger partial charge in [0.25, 0.3) is 0 Å². The zero-order valence-corrected chi connectivity index (χ0v) is 10.7. The van der Waals surface area contributed by atoms with Gasteiger partial charge in [0.05, 0.1) is 12.5 Å². The standard InChI is InChI=1S/C15H17N3O/c16-7-5-13-6-8-17-15(18-13)12-9-11-3-1-2-4-14(11)19-10-12/h1-4,6,8,12H,5,7,9-10,16H2. The molecule has 1 atom stereocenters. The molecule has 98 valence electrons.